The minimum absolute atomic E-state index is 0.143. The number of rotatable bonds is 0. The zero-order valence-corrected chi connectivity index (χ0v) is 9.10. The first-order valence-corrected chi connectivity index (χ1v) is 5.42. The molecule has 1 aliphatic rings. The Hall–Kier alpha value is -1.90. The summed E-state index contributed by atoms with van der Waals surface area (Å²) in [7, 11) is 0. The van der Waals surface area contributed by atoms with Crippen LogP contribution in [0.4, 0.5) is 0 Å². The Kier molecular flexibility index (Phi) is 1.93. The quantitative estimate of drug-likeness (QED) is 0.667. The van der Waals surface area contributed by atoms with Crippen LogP contribution in [0, 0.1) is 6.92 Å². The van der Waals surface area contributed by atoms with E-state index in [0.717, 1.165) is 24.2 Å². The number of hydrogen-bond donors (Lipinski definition) is 0. The second-order valence-electron chi connectivity index (χ2n) is 4.13. The van der Waals surface area contributed by atoms with Gasteiger partial charge < -0.3 is 0 Å². The van der Waals surface area contributed by atoms with Gasteiger partial charge in [0.1, 0.15) is 0 Å². The van der Waals surface area contributed by atoms with Gasteiger partial charge in [0.25, 0.3) is 0 Å². The molecule has 0 amide bonds. The summed E-state index contributed by atoms with van der Waals surface area (Å²) in [5.41, 5.74) is 4.44. The van der Waals surface area contributed by atoms with Gasteiger partial charge in [0, 0.05) is 18.3 Å². The molecule has 0 saturated carbocycles. The van der Waals surface area contributed by atoms with Crippen molar-refractivity contribution in [2.24, 2.45) is 0 Å². The molecule has 0 aliphatic carbocycles. The predicted octanol–water partition coefficient (Wildman–Crippen LogP) is 1.77. The number of aromatic nitrogens is 2. The highest BCUT2D eigenvalue weighted by molar-refractivity contribution is 5.68. The first-order valence-electron chi connectivity index (χ1n) is 5.42. The van der Waals surface area contributed by atoms with Gasteiger partial charge in [0.05, 0.1) is 5.69 Å². The van der Waals surface area contributed by atoms with Crippen LogP contribution in [0.25, 0.3) is 11.3 Å². The molecule has 0 atom stereocenters. The lowest BCUT2D eigenvalue weighted by atomic mass is 9.96. The molecule has 3 heteroatoms. The Bertz CT molecular complexity index is 614. The molecule has 3 nitrogen and oxygen atoms in total. The number of aryl methyl sites for hydroxylation is 2. The standard InChI is InChI=1S/C13H12N2O/c1-9-8-14-13(16)15-7-6-10-4-2-3-5-11(10)12(9)15/h2-5,8H,6-7H2,1H3. The maximum Gasteiger partial charge on any atom is 0.348 e. The van der Waals surface area contributed by atoms with Crippen LogP contribution in [-0.2, 0) is 13.0 Å². The van der Waals surface area contributed by atoms with Gasteiger partial charge in [-0.3, -0.25) is 4.57 Å². The number of benzene rings is 1. The van der Waals surface area contributed by atoms with Gasteiger partial charge in [-0.25, -0.2) is 9.78 Å². The van der Waals surface area contributed by atoms with Crippen molar-refractivity contribution >= 4 is 0 Å². The maximum atomic E-state index is 11.7. The van der Waals surface area contributed by atoms with E-state index in [-0.39, 0.29) is 5.69 Å². The maximum absolute atomic E-state index is 11.7. The molecule has 0 spiro atoms. The fraction of sp³-hybridized carbons (Fsp3) is 0.231. The SMILES string of the molecule is Cc1cnc(=O)n2c1-c1ccccc1CC2. The van der Waals surface area contributed by atoms with E-state index in [1.807, 2.05) is 19.1 Å². The third-order valence-corrected chi connectivity index (χ3v) is 3.12. The average molecular weight is 212 g/mol. The van der Waals surface area contributed by atoms with E-state index in [2.05, 4.69) is 17.1 Å². The molecule has 0 bridgehead atoms. The van der Waals surface area contributed by atoms with E-state index < -0.39 is 0 Å². The summed E-state index contributed by atoms with van der Waals surface area (Å²) < 4.78 is 1.78. The van der Waals surface area contributed by atoms with Crippen molar-refractivity contribution < 1.29 is 0 Å². The Labute approximate surface area is 93.4 Å². The van der Waals surface area contributed by atoms with Crippen molar-refractivity contribution in [2.45, 2.75) is 19.9 Å². The minimum Gasteiger partial charge on any atom is -0.291 e. The first kappa shape index (κ1) is 9.33. The van der Waals surface area contributed by atoms with E-state index in [0.29, 0.717) is 0 Å². The fourth-order valence-electron chi connectivity index (χ4n) is 2.36. The Morgan fingerprint density at radius 3 is 3.00 bits per heavy atom. The Morgan fingerprint density at radius 1 is 1.31 bits per heavy atom. The van der Waals surface area contributed by atoms with Gasteiger partial charge in [-0.2, -0.15) is 0 Å². The molecule has 80 valence electrons. The van der Waals surface area contributed by atoms with Crippen LogP contribution < -0.4 is 5.69 Å². The summed E-state index contributed by atoms with van der Waals surface area (Å²) in [5.74, 6) is 0. The van der Waals surface area contributed by atoms with Gasteiger partial charge in [-0.1, -0.05) is 24.3 Å². The molecule has 2 aromatic rings. The third-order valence-electron chi connectivity index (χ3n) is 3.12. The van der Waals surface area contributed by atoms with E-state index in [1.54, 1.807) is 10.8 Å². The van der Waals surface area contributed by atoms with E-state index >= 15 is 0 Å². The second-order valence-corrected chi connectivity index (χ2v) is 4.13. The molecular weight excluding hydrogens is 200 g/mol. The molecule has 0 fully saturated rings. The molecule has 1 aromatic heterocycles. The molecule has 0 N–H and O–H groups in total. The van der Waals surface area contributed by atoms with Crippen molar-refractivity contribution in [1.29, 1.82) is 0 Å². The topological polar surface area (TPSA) is 34.9 Å². The van der Waals surface area contributed by atoms with Crippen molar-refractivity contribution in [3.05, 3.63) is 52.1 Å². The number of hydrogen-bond acceptors (Lipinski definition) is 2. The van der Waals surface area contributed by atoms with Gasteiger partial charge >= 0.3 is 5.69 Å². The minimum atomic E-state index is -0.143. The summed E-state index contributed by atoms with van der Waals surface area (Å²) in [4.78, 5) is 15.6. The third kappa shape index (κ3) is 1.21. The number of nitrogens with zero attached hydrogens (tertiary/aromatic N) is 2. The van der Waals surface area contributed by atoms with E-state index in [4.69, 9.17) is 0 Å². The molecular formula is C13H12N2O. The van der Waals surface area contributed by atoms with Crippen LogP contribution in [0.3, 0.4) is 0 Å². The Morgan fingerprint density at radius 2 is 2.12 bits per heavy atom. The zero-order valence-electron chi connectivity index (χ0n) is 9.10. The normalized spacial score (nSPS) is 13.1. The van der Waals surface area contributed by atoms with Crippen LogP contribution in [0.1, 0.15) is 11.1 Å². The summed E-state index contributed by atoms with van der Waals surface area (Å²) in [6, 6.07) is 8.26. The van der Waals surface area contributed by atoms with Crippen molar-refractivity contribution in [3.63, 3.8) is 0 Å². The van der Waals surface area contributed by atoms with E-state index in [1.165, 1.54) is 11.1 Å². The molecule has 2 heterocycles. The zero-order chi connectivity index (χ0) is 11.1. The smallest absolute Gasteiger partial charge is 0.291 e. The van der Waals surface area contributed by atoms with Gasteiger partial charge in [0.2, 0.25) is 0 Å². The molecule has 3 rings (SSSR count). The highest BCUT2D eigenvalue weighted by Gasteiger charge is 2.18. The van der Waals surface area contributed by atoms with Crippen molar-refractivity contribution in [2.75, 3.05) is 0 Å². The van der Waals surface area contributed by atoms with Gasteiger partial charge in [0.15, 0.2) is 0 Å². The second kappa shape index (κ2) is 3.30. The van der Waals surface area contributed by atoms with Gasteiger partial charge in [-0.15, -0.1) is 0 Å². The van der Waals surface area contributed by atoms with Crippen LogP contribution in [0.5, 0.6) is 0 Å². The Balaban J connectivity index is 2.40. The fourth-order valence-corrected chi connectivity index (χ4v) is 2.36. The molecule has 16 heavy (non-hydrogen) atoms. The first-order chi connectivity index (χ1) is 7.77. The van der Waals surface area contributed by atoms with Crippen LogP contribution in [0.2, 0.25) is 0 Å². The summed E-state index contributed by atoms with van der Waals surface area (Å²) in [6.45, 7) is 2.74. The lowest BCUT2D eigenvalue weighted by molar-refractivity contribution is 0.636. The summed E-state index contributed by atoms with van der Waals surface area (Å²) in [6.07, 6.45) is 2.57. The van der Waals surface area contributed by atoms with Crippen molar-refractivity contribution in [1.82, 2.24) is 9.55 Å². The molecule has 1 aliphatic heterocycles. The average Bonchev–Trinajstić information content (AvgIpc) is 2.33. The van der Waals surface area contributed by atoms with E-state index in [9.17, 15) is 4.79 Å². The van der Waals surface area contributed by atoms with Crippen molar-refractivity contribution in [3.8, 4) is 11.3 Å². The predicted molar refractivity (Wildman–Crippen MR) is 62.4 cm³/mol. The lowest BCUT2D eigenvalue weighted by Crippen LogP contribution is -2.28. The molecule has 1 aromatic carbocycles. The largest absolute Gasteiger partial charge is 0.348 e. The van der Waals surface area contributed by atoms with Crippen LogP contribution in [-0.4, -0.2) is 9.55 Å². The molecule has 0 saturated heterocycles. The lowest BCUT2D eigenvalue weighted by Gasteiger charge is -2.22. The highest BCUT2D eigenvalue weighted by Crippen LogP contribution is 2.29. The monoisotopic (exact) mass is 212 g/mol. The van der Waals surface area contributed by atoms with Crippen LogP contribution in [0.15, 0.2) is 35.3 Å². The number of fused-ring (bicyclic) bond motifs is 3. The van der Waals surface area contributed by atoms with Gasteiger partial charge in [-0.05, 0) is 24.5 Å². The molecule has 0 radical (unpaired) electrons. The molecule has 0 unspecified atom stereocenters. The summed E-state index contributed by atoms with van der Waals surface area (Å²) >= 11 is 0. The summed E-state index contributed by atoms with van der Waals surface area (Å²) in [5, 5.41) is 0. The highest BCUT2D eigenvalue weighted by atomic mass is 16.1. The van der Waals surface area contributed by atoms with Crippen LogP contribution >= 0.6 is 0 Å².